The number of guanidine groups is 1. The van der Waals surface area contributed by atoms with E-state index in [1.54, 1.807) is 14.2 Å². The molecule has 1 fully saturated rings. The fourth-order valence-corrected chi connectivity index (χ4v) is 5.20. The number of rotatable bonds is 9. The maximum absolute atomic E-state index is 12.3. The van der Waals surface area contributed by atoms with Crippen LogP contribution in [0.1, 0.15) is 18.4 Å². The van der Waals surface area contributed by atoms with Gasteiger partial charge in [0.1, 0.15) is 5.75 Å². The number of ether oxygens (including phenoxy) is 1. The summed E-state index contributed by atoms with van der Waals surface area (Å²) in [5.74, 6) is 1.81. The molecule has 0 aliphatic carbocycles. The third-order valence-corrected chi connectivity index (χ3v) is 7.02. The van der Waals surface area contributed by atoms with E-state index in [0.717, 1.165) is 36.5 Å². The minimum Gasteiger partial charge on any atom is -0.495 e. The molecule has 2 N–H and O–H groups in total. The maximum Gasteiger partial charge on any atom is 0.191 e. The Kier molecular flexibility index (Phi) is 8.17. The van der Waals surface area contributed by atoms with Gasteiger partial charge in [-0.05, 0) is 30.5 Å². The van der Waals surface area contributed by atoms with Crippen molar-refractivity contribution in [3.63, 3.8) is 0 Å². The molecule has 0 radical (unpaired) electrons. The summed E-state index contributed by atoms with van der Waals surface area (Å²) < 4.78 is 30.1. The summed E-state index contributed by atoms with van der Waals surface area (Å²) >= 11 is 0. The predicted octanol–water partition coefficient (Wildman–Crippen LogP) is 2.44. The quantitative estimate of drug-likeness (QED) is 0.351. The number of methoxy groups -OCH3 is 1. The summed E-state index contributed by atoms with van der Waals surface area (Å²) in [4.78, 5) is 6.59. The van der Waals surface area contributed by atoms with Crippen molar-refractivity contribution in [3.8, 4) is 5.75 Å². The normalized spacial score (nSPS) is 16.9. The Bertz CT molecular complexity index is 964. The van der Waals surface area contributed by atoms with E-state index in [4.69, 9.17) is 4.74 Å². The number of sulfone groups is 1. The number of hydrogen-bond acceptors (Lipinski definition) is 5. The van der Waals surface area contributed by atoms with Gasteiger partial charge < -0.3 is 20.3 Å². The van der Waals surface area contributed by atoms with Crippen LogP contribution in [0.15, 0.2) is 59.6 Å². The Balaban J connectivity index is 1.42. The van der Waals surface area contributed by atoms with Gasteiger partial charge in [-0.3, -0.25) is 4.99 Å². The van der Waals surface area contributed by atoms with Crippen molar-refractivity contribution in [1.82, 2.24) is 10.6 Å². The highest BCUT2D eigenvalue weighted by Crippen LogP contribution is 2.30. The van der Waals surface area contributed by atoms with Crippen molar-refractivity contribution in [3.05, 3.63) is 60.2 Å². The first-order valence-electron chi connectivity index (χ1n) is 10.6. The van der Waals surface area contributed by atoms with Gasteiger partial charge in [0.15, 0.2) is 15.8 Å². The van der Waals surface area contributed by atoms with E-state index in [2.05, 4.69) is 26.6 Å². The van der Waals surface area contributed by atoms with Crippen molar-refractivity contribution in [1.29, 1.82) is 0 Å². The lowest BCUT2D eigenvalue weighted by Gasteiger charge is -2.22. The summed E-state index contributed by atoms with van der Waals surface area (Å²) in [7, 11) is 0.296. The zero-order chi connectivity index (χ0) is 22.1. The van der Waals surface area contributed by atoms with Crippen molar-refractivity contribution in [2.75, 3.05) is 44.4 Å². The Morgan fingerprint density at radius 2 is 1.90 bits per heavy atom. The highest BCUT2D eigenvalue weighted by atomic mass is 32.2. The highest BCUT2D eigenvalue weighted by molar-refractivity contribution is 7.90. The Hall–Kier alpha value is -2.74. The van der Waals surface area contributed by atoms with Crippen LogP contribution >= 0.6 is 0 Å². The van der Waals surface area contributed by atoms with Gasteiger partial charge in [0, 0.05) is 32.7 Å². The number of hydrogen-bond donors (Lipinski definition) is 2. The zero-order valence-electron chi connectivity index (χ0n) is 18.3. The molecule has 0 amide bonds. The molecule has 8 heteroatoms. The molecule has 2 aromatic carbocycles. The molecule has 1 aliphatic rings. The van der Waals surface area contributed by atoms with E-state index < -0.39 is 9.84 Å². The molecule has 1 heterocycles. The van der Waals surface area contributed by atoms with E-state index in [-0.39, 0.29) is 17.5 Å². The third-order valence-electron chi connectivity index (χ3n) is 5.33. The number of para-hydroxylation sites is 2. The molecule has 7 nitrogen and oxygen atoms in total. The smallest absolute Gasteiger partial charge is 0.191 e. The molecule has 0 spiro atoms. The van der Waals surface area contributed by atoms with Crippen LogP contribution in [0.3, 0.4) is 0 Å². The number of anilines is 1. The van der Waals surface area contributed by atoms with Crippen LogP contribution in [-0.4, -0.2) is 60.0 Å². The van der Waals surface area contributed by atoms with Gasteiger partial charge in [0.25, 0.3) is 0 Å². The van der Waals surface area contributed by atoms with E-state index >= 15 is 0 Å². The van der Waals surface area contributed by atoms with Crippen LogP contribution in [0.2, 0.25) is 0 Å². The van der Waals surface area contributed by atoms with E-state index in [1.165, 1.54) is 0 Å². The molecule has 3 rings (SSSR count). The van der Waals surface area contributed by atoms with Gasteiger partial charge in [0.2, 0.25) is 0 Å². The SMILES string of the molecule is CN=C(NCCCS(=O)(=O)Cc1ccccc1)NC1CCN(c2ccccc2OC)C1. The summed E-state index contributed by atoms with van der Waals surface area (Å²) in [5, 5.41) is 6.69. The lowest BCUT2D eigenvalue weighted by Crippen LogP contribution is -2.45. The zero-order valence-corrected chi connectivity index (χ0v) is 19.1. The highest BCUT2D eigenvalue weighted by Gasteiger charge is 2.25. The number of benzene rings is 2. The molecule has 1 unspecified atom stereocenters. The van der Waals surface area contributed by atoms with Crippen LogP contribution in [0.4, 0.5) is 5.69 Å². The Morgan fingerprint density at radius 1 is 1.16 bits per heavy atom. The van der Waals surface area contributed by atoms with Crippen LogP contribution in [0.5, 0.6) is 5.75 Å². The van der Waals surface area contributed by atoms with Crippen molar-refractivity contribution in [2.45, 2.75) is 24.6 Å². The van der Waals surface area contributed by atoms with Crippen molar-refractivity contribution in [2.24, 2.45) is 4.99 Å². The van der Waals surface area contributed by atoms with Gasteiger partial charge in [0.05, 0.1) is 24.3 Å². The first kappa shape index (κ1) is 22.9. The molecule has 31 heavy (non-hydrogen) atoms. The van der Waals surface area contributed by atoms with Gasteiger partial charge >= 0.3 is 0 Å². The lowest BCUT2D eigenvalue weighted by molar-refractivity contribution is 0.415. The molecule has 1 saturated heterocycles. The largest absolute Gasteiger partial charge is 0.495 e. The fourth-order valence-electron chi connectivity index (χ4n) is 3.78. The summed E-state index contributed by atoms with van der Waals surface area (Å²) in [6, 6.07) is 17.6. The minimum atomic E-state index is -3.13. The van der Waals surface area contributed by atoms with Gasteiger partial charge in [-0.1, -0.05) is 42.5 Å². The fraction of sp³-hybridized carbons (Fsp3) is 0.435. The lowest BCUT2D eigenvalue weighted by atomic mass is 10.2. The second kappa shape index (κ2) is 11.0. The van der Waals surface area contributed by atoms with Crippen LogP contribution in [-0.2, 0) is 15.6 Å². The first-order chi connectivity index (χ1) is 15.0. The summed E-state index contributed by atoms with van der Waals surface area (Å²) in [5.41, 5.74) is 1.93. The second-order valence-corrected chi connectivity index (χ2v) is 9.86. The summed E-state index contributed by atoms with van der Waals surface area (Å²) in [6.07, 6.45) is 1.53. The number of nitrogens with one attached hydrogen (secondary N) is 2. The first-order valence-corrected chi connectivity index (χ1v) is 12.4. The predicted molar refractivity (Wildman–Crippen MR) is 127 cm³/mol. The molecule has 2 aromatic rings. The van der Waals surface area contributed by atoms with Gasteiger partial charge in [-0.25, -0.2) is 8.42 Å². The van der Waals surface area contributed by atoms with Gasteiger partial charge in [-0.2, -0.15) is 0 Å². The number of aliphatic imine (C=N–C) groups is 1. The van der Waals surface area contributed by atoms with Crippen LogP contribution in [0.25, 0.3) is 0 Å². The van der Waals surface area contributed by atoms with Crippen LogP contribution < -0.4 is 20.3 Å². The molecule has 1 atom stereocenters. The third kappa shape index (κ3) is 6.89. The molecule has 0 bridgehead atoms. The average Bonchev–Trinajstić information content (AvgIpc) is 3.24. The summed E-state index contributed by atoms with van der Waals surface area (Å²) in [6.45, 7) is 2.34. The van der Waals surface area contributed by atoms with E-state index in [9.17, 15) is 8.42 Å². The van der Waals surface area contributed by atoms with Crippen molar-refractivity contribution >= 4 is 21.5 Å². The van der Waals surface area contributed by atoms with E-state index in [1.807, 2.05) is 48.5 Å². The standard InChI is InChI=1S/C23H32N4O3S/c1-24-23(25-14-8-16-31(28,29)18-19-9-4-3-5-10-19)26-20-13-15-27(17-20)21-11-6-7-12-22(21)30-2/h3-7,9-12,20H,8,13-18H2,1-2H3,(H2,24,25,26). The van der Waals surface area contributed by atoms with Crippen molar-refractivity contribution < 1.29 is 13.2 Å². The monoisotopic (exact) mass is 444 g/mol. The molecule has 0 aromatic heterocycles. The molecule has 0 saturated carbocycles. The number of nitrogens with zero attached hydrogens (tertiary/aromatic N) is 2. The molecule has 168 valence electrons. The van der Waals surface area contributed by atoms with E-state index in [0.29, 0.717) is 18.9 Å². The molecular formula is C23H32N4O3S. The maximum atomic E-state index is 12.3. The minimum absolute atomic E-state index is 0.0850. The average molecular weight is 445 g/mol. The Morgan fingerprint density at radius 3 is 2.65 bits per heavy atom. The van der Waals surface area contributed by atoms with Crippen LogP contribution in [0, 0.1) is 0 Å². The topological polar surface area (TPSA) is 83.0 Å². The second-order valence-electron chi connectivity index (χ2n) is 7.68. The Labute approximate surface area is 185 Å². The van der Waals surface area contributed by atoms with Gasteiger partial charge in [-0.15, -0.1) is 0 Å². The molecular weight excluding hydrogens is 412 g/mol. The molecule has 1 aliphatic heterocycles.